The fourth-order valence-electron chi connectivity index (χ4n) is 1.37. The minimum Gasteiger partial charge on any atom is -0.423 e. The van der Waals surface area contributed by atoms with E-state index in [4.69, 9.17) is 10.0 Å². The average molecular weight is 191 g/mol. The lowest BCUT2D eigenvalue weighted by atomic mass is 9.79. The number of benzene rings is 1. The van der Waals surface area contributed by atoms with Crippen molar-refractivity contribution in [3.63, 3.8) is 0 Å². The Bertz CT molecular complexity index is 475. The third-order valence-electron chi connectivity index (χ3n) is 2.03. The molecule has 0 unspecified atom stereocenters. The number of pyridine rings is 1. The summed E-state index contributed by atoms with van der Waals surface area (Å²) in [6.45, 7) is 0. The van der Waals surface area contributed by atoms with Crippen molar-refractivity contribution in [1.82, 2.24) is 4.98 Å². The summed E-state index contributed by atoms with van der Waals surface area (Å²) >= 11 is 0. The highest BCUT2D eigenvalue weighted by atomic mass is 19.1. The Morgan fingerprint density at radius 2 is 2.00 bits per heavy atom. The highest BCUT2D eigenvalue weighted by molar-refractivity contribution is 6.61. The lowest BCUT2D eigenvalue weighted by molar-refractivity contribution is 0.426. The smallest absolute Gasteiger partial charge is 0.423 e. The van der Waals surface area contributed by atoms with Gasteiger partial charge in [0.2, 0.25) is 0 Å². The summed E-state index contributed by atoms with van der Waals surface area (Å²) < 4.78 is 13.2. The minimum atomic E-state index is -1.63. The Morgan fingerprint density at radius 1 is 1.21 bits per heavy atom. The van der Waals surface area contributed by atoms with E-state index in [1.165, 1.54) is 18.3 Å². The SMILES string of the molecule is OB(O)c1ccc(F)c2cccnc12. The van der Waals surface area contributed by atoms with Crippen molar-refractivity contribution in [2.45, 2.75) is 0 Å². The topological polar surface area (TPSA) is 53.4 Å². The molecule has 0 amide bonds. The Balaban J connectivity index is 2.82. The summed E-state index contributed by atoms with van der Waals surface area (Å²) in [6, 6.07) is 5.65. The predicted molar refractivity (Wildman–Crippen MR) is 51.5 cm³/mol. The molecule has 0 saturated carbocycles. The molecule has 0 saturated heterocycles. The van der Waals surface area contributed by atoms with Gasteiger partial charge in [0.25, 0.3) is 0 Å². The summed E-state index contributed by atoms with van der Waals surface area (Å²) in [5.74, 6) is -0.419. The molecule has 70 valence electrons. The molecule has 2 aromatic rings. The summed E-state index contributed by atoms with van der Waals surface area (Å²) in [6.07, 6.45) is 1.48. The molecule has 0 aliphatic rings. The second-order valence-electron chi connectivity index (χ2n) is 2.91. The quantitative estimate of drug-likeness (QED) is 0.626. The van der Waals surface area contributed by atoms with Gasteiger partial charge in [0.1, 0.15) is 5.82 Å². The Hall–Kier alpha value is -1.46. The Kier molecular flexibility index (Phi) is 2.19. The van der Waals surface area contributed by atoms with E-state index in [9.17, 15) is 4.39 Å². The zero-order valence-corrected chi connectivity index (χ0v) is 7.18. The fraction of sp³-hybridized carbons (Fsp3) is 0. The zero-order chi connectivity index (χ0) is 10.1. The maximum Gasteiger partial charge on any atom is 0.490 e. The highest BCUT2D eigenvalue weighted by Gasteiger charge is 2.16. The van der Waals surface area contributed by atoms with E-state index in [2.05, 4.69) is 4.98 Å². The molecule has 1 heterocycles. The van der Waals surface area contributed by atoms with E-state index in [-0.39, 0.29) is 16.4 Å². The largest absolute Gasteiger partial charge is 0.490 e. The number of halogens is 1. The highest BCUT2D eigenvalue weighted by Crippen LogP contribution is 2.12. The first kappa shape index (κ1) is 9.11. The first-order chi connectivity index (χ1) is 6.70. The Labute approximate surface area is 80.0 Å². The molecule has 0 radical (unpaired) electrons. The molecule has 0 aliphatic heterocycles. The van der Waals surface area contributed by atoms with E-state index in [1.54, 1.807) is 12.1 Å². The number of hydrogen-bond donors (Lipinski definition) is 2. The number of aromatic nitrogens is 1. The monoisotopic (exact) mass is 191 g/mol. The Morgan fingerprint density at radius 3 is 2.71 bits per heavy atom. The van der Waals surface area contributed by atoms with Crippen LogP contribution in [0.2, 0.25) is 0 Å². The zero-order valence-electron chi connectivity index (χ0n) is 7.18. The van der Waals surface area contributed by atoms with Crippen LogP contribution in [-0.4, -0.2) is 22.2 Å². The van der Waals surface area contributed by atoms with E-state index in [0.29, 0.717) is 0 Å². The molecule has 1 aromatic heterocycles. The lowest BCUT2D eigenvalue weighted by Crippen LogP contribution is -2.31. The maximum atomic E-state index is 13.2. The molecule has 14 heavy (non-hydrogen) atoms. The van der Waals surface area contributed by atoms with Crippen LogP contribution in [0.15, 0.2) is 30.5 Å². The molecular formula is C9H7BFNO2. The van der Waals surface area contributed by atoms with Gasteiger partial charge in [0, 0.05) is 17.0 Å². The van der Waals surface area contributed by atoms with Crippen LogP contribution in [0.3, 0.4) is 0 Å². The van der Waals surface area contributed by atoms with Gasteiger partial charge in [-0.3, -0.25) is 4.98 Å². The summed E-state index contributed by atoms with van der Waals surface area (Å²) in [4.78, 5) is 3.90. The van der Waals surface area contributed by atoms with Crippen LogP contribution < -0.4 is 5.46 Å². The summed E-state index contributed by atoms with van der Waals surface area (Å²) in [5, 5.41) is 18.3. The van der Waals surface area contributed by atoms with Gasteiger partial charge in [0.05, 0.1) is 5.52 Å². The molecule has 5 heteroatoms. The van der Waals surface area contributed by atoms with Crippen molar-refractivity contribution in [3.05, 3.63) is 36.3 Å². The first-order valence-corrected chi connectivity index (χ1v) is 4.09. The van der Waals surface area contributed by atoms with Crippen LogP contribution in [-0.2, 0) is 0 Å². The number of fused-ring (bicyclic) bond motifs is 1. The van der Waals surface area contributed by atoms with Crippen LogP contribution in [0, 0.1) is 5.82 Å². The molecule has 2 N–H and O–H groups in total. The molecule has 3 nitrogen and oxygen atoms in total. The normalized spacial score (nSPS) is 10.5. The third-order valence-corrected chi connectivity index (χ3v) is 2.03. The van der Waals surface area contributed by atoms with E-state index >= 15 is 0 Å². The van der Waals surface area contributed by atoms with E-state index in [1.807, 2.05) is 0 Å². The van der Waals surface area contributed by atoms with Crippen molar-refractivity contribution in [2.24, 2.45) is 0 Å². The van der Waals surface area contributed by atoms with Crippen molar-refractivity contribution >= 4 is 23.5 Å². The molecular weight excluding hydrogens is 184 g/mol. The van der Waals surface area contributed by atoms with Crippen molar-refractivity contribution in [3.8, 4) is 0 Å². The summed E-state index contributed by atoms with van der Waals surface area (Å²) in [5.41, 5.74) is 0.490. The third kappa shape index (κ3) is 1.36. The molecule has 0 fully saturated rings. The standard InChI is InChI=1S/C9H7BFNO2/c11-8-4-3-7(10(13)14)9-6(8)2-1-5-12-9/h1-5,13-14H. The van der Waals surface area contributed by atoms with Gasteiger partial charge in [-0.05, 0) is 18.2 Å². The maximum absolute atomic E-state index is 13.2. The van der Waals surface area contributed by atoms with Crippen molar-refractivity contribution in [1.29, 1.82) is 0 Å². The molecule has 2 rings (SSSR count). The van der Waals surface area contributed by atoms with Gasteiger partial charge in [-0.15, -0.1) is 0 Å². The van der Waals surface area contributed by atoms with Crippen LogP contribution in [0.5, 0.6) is 0 Å². The van der Waals surface area contributed by atoms with E-state index < -0.39 is 12.9 Å². The second kappa shape index (κ2) is 3.36. The molecule has 0 spiro atoms. The molecule has 0 atom stereocenters. The van der Waals surface area contributed by atoms with Gasteiger partial charge in [-0.1, -0.05) is 6.07 Å². The van der Waals surface area contributed by atoms with Crippen LogP contribution in [0.4, 0.5) is 4.39 Å². The molecule has 0 aliphatic carbocycles. The van der Waals surface area contributed by atoms with Gasteiger partial charge in [-0.25, -0.2) is 4.39 Å². The van der Waals surface area contributed by atoms with Crippen LogP contribution in [0.25, 0.3) is 10.9 Å². The van der Waals surface area contributed by atoms with Gasteiger partial charge < -0.3 is 10.0 Å². The minimum absolute atomic E-state index is 0.210. The first-order valence-electron chi connectivity index (χ1n) is 4.09. The molecule has 1 aromatic carbocycles. The summed E-state index contributed by atoms with van der Waals surface area (Å²) in [7, 11) is -1.63. The van der Waals surface area contributed by atoms with E-state index in [0.717, 1.165) is 0 Å². The lowest BCUT2D eigenvalue weighted by Gasteiger charge is -2.04. The fourth-order valence-corrected chi connectivity index (χ4v) is 1.37. The van der Waals surface area contributed by atoms with Crippen LogP contribution in [0.1, 0.15) is 0 Å². The van der Waals surface area contributed by atoms with Crippen molar-refractivity contribution < 1.29 is 14.4 Å². The molecule has 0 bridgehead atoms. The number of hydrogen-bond acceptors (Lipinski definition) is 3. The van der Waals surface area contributed by atoms with Crippen molar-refractivity contribution in [2.75, 3.05) is 0 Å². The number of rotatable bonds is 1. The average Bonchev–Trinajstić information content (AvgIpc) is 2.18. The van der Waals surface area contributed by atoms with Crippen LogP contribution >= 0.6 is 0 Å². The second-order valence-corrected chi connectivity index (χ2v) is 2.91. The predicted octanol–water partition coefficient (Wildman–Crippen LogP) is 0.0537. The van der Waals surface area contributed by atoms with Gasteiger partial charge in [-0.2, -0.15) is 0 Å². The van der Waals surface area contributed by atoms with Gasteiger partial charge >= 0.3 is 7.12 Å². The van der Waals surface area contributed by atoms with Gasteiger partial charge in [0.15, 0.2) is 0 Å². The number of nitrogens with zero attached hydrogens (tertiary/aromatic N) is 1.